The van der Waals surface area contributed by atoms with E-state index in [1.807, 2.05) is 6.92 Å². The van der Waals surface area contributed by atoms with E-state index in [2.05, 4.69) is 31.0 Å². The van der Waals surface area contributed by atoms with Gasteiger partial charge in [0.25, 0.3) is 0 Å². The number of nitrogens with zero attached hydrogens (tertiary/aromatic N) is 1. The number of amides is 1. The third-order valence-corrected chi connectivity index (χ3v) is 4.90. The second kappa shape index (κ2) is 4.27. The van der Waals surface area contributed by atoms with Gasteiger partial charge in [0.15, 0.2) is 0 Å². The minimum absolute atomic E-state index is 0.247. The van der Waals surface area contributed by atoms with Crippen LogP contribution in [-0.4, -0.2) is 29.1 Å². The molecule has 1 aliphatic heterocycles. The Hall–Kier alpha value is -0.570. The van der Waals surface area contributed by atoms with Gasteiger partial charge in [-0.3, -0.25) is 10.1 Å². The molecule has 2 unspecified atom stereocenters. The lowest BCUT2D eigenvalue weighted by Crippen LogP contribution is -2.43. The monoisotopic (exact) mass is 238 g/mol. The van der Waals surface area contributed by atoms with Gasteiger partial charge in [-0.1, -0.05) is 20.8 Å². The molecular weight excluding hydrogens is 212 g/mol. The van der Waals surface area contributed by atoms with Gasteiger partial charge in [0.05, 0.1) is 11.7 Å². The maximum atomic E-state index is 12.5. The second-order valence-electron chi connectivity index (χ2n) is 6.04. The molecule has 0 aromatic rings. The summed E-state index contributed by atoms with van der Waals surface area (Å²) in [5, 5.41) is 3.52. The summed E-state index contributed by atoms with van der Waals surface area (Å²) in [6, 6.07) is 0. The number of nitrogens with one attached hydrogen (secondary N) is 1. The molecule has 2 rings (SSSR count). The molecule has 2 aliphatic rings. The van der Waals surface area contributed by atoms with Crippen LogP contribution in [0.4, 0.5) is 0 Å². The molecule has 1 saturated heterocycles. The van der Waals surface area contributed by atoms with Crippen LogP contribution in [0.25, 0.3) is 0 Å². The standard InChI is InChI=1S/C14H26N2O/c1-5-11-15-13(4,6-2)12(17)16(11)10-14(7-3)8-9-14/h11,15H,5-10H2,1-4H3. The zero-order valence-corrected chi connectivity index (χ0v) is 11.7. The molecule has 0 bridgehead atoms. The average molecular weight is 238 g/mol. The number of carbonyl (C=O) groups excluding carboxylic acids is 1. The maximum Gasteiger partial charge on any atom is 0.243 e. The van der Waals surface area contributed by atoms with Gasteiger partial charge in [-0.05, 0) is 44.4 Å². The molecule has 98 valence electrons. The smallest absolute Gasteiger partial charge is 0.243 e. The van der Waals surface area contributed by atoms with Crippen molar-refractivity contribution in [2.75, 3.05) is 6.54 Å². The molecule has 1 heterocycles. The van der Waals surface area contributed by atoms with Crippen LogP contribution in [0.2, 0.25) is 0 Å². The molecule has 2 fully saturated rings. The Balaban J connectivity index is 2.12. The van der Waals surface area contributed by atoms with E-state index in [0.29, 0.717) is 11.3 Å². The third-order valence-electron chi connectivity index (χ3n) is 4.90. The van der Waals surface area contributed by atoms with Crippen LogP contribution < -0.4 is 5.32 Å². The predicted octanol–water partition coefficient (Wildman–Crippen LogP) is 2.51. The van der Waals surface area contributed by atoms with Crippen LogP contribution in [-0.2, 0) is 4.79 Å². The fraction of sp³-hybridized carbons (Fsp3) is 0.929. The highest BCUT2D eigenvalue weighted by Crippen LogP contribution is 2.50. The highest BCUT2D eigenvalue weighted by atomic mass is 16.2. The first-order valence-corrected chi connectivity index (χ1v) is 7.09. The van der Waals surface area contributed by atoms with E-state index in [1.165, 1.54) is 19.3 Å². The molecule has 1 saturated carbocycles. The summed E-state index contributed by atoms with van der Waals surface area (Å²) in [6.07, 6.45) is 5.92. The zero-order valence-electron chi connectivity index (χ0n) is 11.7. The van der Waals surface area contributed by atoms with Gasteiger partial charge in [0.1, 0.15) is 0 Å². The van der Waals surface area contributed by atoms with Crippen molar-refractivity contribution in [3.05, 3.63) is 0 Å². The number of rotatable bonds is 5. The molecule has 0 aromatic carbocycles. The predicted molar refractivity (Wildman–Crippen MR) is 69.6 cm³/mol. The third kappa shape index (κ3) is 2.10. The molecule has 1 N–H and O–H groups in total. The molecule has 3 nitrogen and oxygen atoms in total. The minimum Gasteiger partial charge on any atom is -0.325 e. The van der Waals surface area contributed by atoms with Crippen LogP contribution in [0.15, 0.2) is 0 Å². The van der Waals surface area contributed by atoms with Gasteiger partial charge in [-0.2, -0.15) is 0 Å². The van der Waals surface area contributed by atoms with Crippen molar-refractivity contribution in [2.45, 2.75) is 71.5 Å². The van der Waals surface area contributed by atoms with Gasteiger partial charge in [0.2, 0.25) is 5.91 Å². The van der Waals surface area contributed by atoms with E-state index < -0.39 is 0 Å². The highest BCUT2D eigenvalue weighted by molar-refractivity contribution is 5.88. The summed E-state index contributed by atoms with van der Waals surface area (Å²) in [5.41, 5.74) is 0.119. The largest absolute Gasteiger partial charge is 0.325 e. The summed E-state index contributed by atoms with van der Waals surface area (Å²) in [7, 11) is 0. The fourth-order valence-electron chi connectivity index (χ4n) is 2.89. The van der Waals surface area contributed by atoms with E-state index in [1.54, 1.807) is 0 Å². The second-order valence-corrected chi connectivity index (χ2v) is 6.04. The Kier molecular flexibility index (Phi) is 3.23. The molecule has 1 amide bonds. The number of hydrogen-bond donors (Lipinski definition) is 1. The zero-order chi connectivity index (χ0) is 12.7. The van der Waals surface area contributed by atoms with E-state index in [0.717, 1.165) is 19.4 Å². The van der Waals surface area contributed by atoms with Gasteiger partial charge in [-0.15, -0.1) is 0 Å². The van der Waals surface area contributed by atoms with E-state index >= 15 is 0 Å². The van der Waals surface area contributed by atoms with Gasteiger partial charge >= 0.3 is 0 Å². The summed E-state index contributed by atoms with van der Waals surface area (Å²) >= 11 is 0. The average Bonchev–Trinajstić information content (AvgIpc) is 3.08. The normalized spacial score (nSPS) is 35.4. The topological polar surface area (TPSA) is 32.3 Å². The molecule has 0 spiro atoms. The van der Waals surface area contributed by atoms with Crippen LogP contribution in [0.1, 0.15) is 59.8 Å². The Labute approximate surface area is 105 Å². The Morgan fingerprint density at radius 1 is 1.29 bits per heavy atom. The highest BCUT2D eigenvalue weighted by Gasteiger charge is 2.51. The van der Waals surface area contributed by atoms with Crippen molar-refractivity contribution in [3.63, 3.8) is 0 Å². The lowest BCUT2D eigenvalue weighted by atomic mass is 9.98. The van der Waals surface area contributed by atoms with Crippen molar-refractivity contribution in [1.82, 2.24) is 10.2 Å². The number of hydrogen-bond acceptors (Lipinski definition) is 2. The van der Waals surface area contributed by atoms with E-state index in [9.17, 15) is 4.79 Å². The van der Waals surface area contributed by atoms with Crippen LogP contribution in [0, 0.1) is 5.41 Å². The van der Waals surface area contributed by atoms with Crippen LogP contribution in [0.5, 0.6) is 0 Å². The Morgan fingerprint density at radius 2 is 1.94 bits per heavy atom. The Morgan fingerprint density at radius 3 is 2.35 bits per heavy atom. The number of carbonyl (C=O) groups is 1. The fourth-order valence-corrected chi connectivity index (χ4v) is 2.89. The molecule has 3 heteroatoms. The van der Waals surface area contributed by atoms with Gasteiger partial charge in [-0.25, -0.2) is 0 Å². The Bertz CT molecular complexity index is 311. The summed E-state index contributed by atoms with van der Waals surface area (Å²) < 4.78 is 0. The summed E-state index contributed by atoms with van der Waals surface area (Å²) in [4.78, 5) is 14.6. The summed E-state index contributed by atoms with van der Waals surface area (Å²) in [5.74, 6) is 0.312. The first kappa shape index (κ1) is 12.9. The van der Waals surface area contributed by atoms with Crippen molar-refractivity contribution < 1.29 is 4.79 Å². The first-order valence-electron chi connectivity index (χ1n) is 7.09. The van der Waals surface area contributed by atoms with Crippen LogP contribution >= 0.6 is 0 Å². The maximum absolute atomic E-state index is 12.5. The van der Waals surface area contributed by atoms with E-state index in [4.69, 9.17) is 0 Å². The van der Waals surface area contributed by atoms with Crippen molar-refractivity contribution in [3.8, 4) is 0 Å². The SMILES string of the molecule is CCC1NC(C)(CC)C(=O)N1CC1(CC)CC1. The molecule has 2 atom stereocenters. The van der Waals surface area contributed by atoms with Crippen molar-refractivity contribution >= 4 is 5.91 Å². The quantitative estimate of drug-likeness (QED) is 0.798. The van der Waals surface area contributed by atoms with Crippen molar-refractivity contribution in [1.29, 1.82) is 0 Å². The lowest BCUT2D eigenvalue weighted by molar-refractivity contribution is -0.133. The van der Waals surface area contributed by atoms with Gasteiger partial charge < -0.3 is 4.90 Å². The van der Waals surface area contributed by atoms with Crippen molar-refractivity contribution in [2.24, 2.45) is 5.41 Å². The molecule has 0 radical (unpaired) electrons. The minimum atomic E-state index is -0.329. The first-order chi connectivity index (χ1) is 8.00. The van der Waals surface area contributed by atoms with Crippen LogP contribution in [0.3, 0.4) is 0 Å². The molecule has 17 heavy (non-hydrogen) atoms. The molecule has 0 aromatic heterocycles. The van der Waals surface area contributed by atoms with Gasteiger partial charge in [0, 0.05) is 6.54 Å². The molecular formula is C14H26N2O. The van der Waals surface area contributed by atoms with E-state index in [-0.39, 0.29) is 11.7 Å². The lowest BCUT2D eigenvalue weighted by Gasteiger charge is -2.27. The summed E-state index contributed by atoms with van der Waals surface area (Å²) in [6.45, 7) is 9.51. The molecule has 1 aliphatic carbocycles.